The van der Waals surface area contributed by atoms with E-state index in [1.807, 2.05) is 62.4 Å². The number of hydrogen-bond donors (Lipinski definition) is 2. The van der Waals surface area contributed by atoms with Gasteiger partial charge in [-0.1, -0.05) is 30.3 Å². The number of aromatic nitrogens is 2. The predicted octanol–water partition coefficient (Wildman–Crippen LogP) is 4.98. The first-order valence-corrected chi connectivity index (χ1v) is 8.33. The van der Waals surface area contributed by atoms with E-state index in [2.05, 4.69) is 33.6 Å². The molecule has 2 aromatic carbocycles. The topological polar surface area (TPSA) is 59.1 Å². The highest BCUT2D eigenvalue weighted by molar-refractivity contribution is 5.65. The molecule has 0 fully saturated rings. The zero-order valence-corrected chi connectivity index (χ0v) is 14.7. The van der Waals surface area contributed by atoms with Crippen LogP contribution in [0.1, 0.15) is 18.2 Å². The minimum absolute atomic E-state index is 0.531. The number of aryl methyl sites for hydroxylation is 2. The first-order valence-electron chi connectivity index (χ1n) is 8.33. The molecule has 0 aliphatic heterocycles. The van der Waals surface area contributed by atoms with Crippen molar-refractivity contribution in [2.45, 2.75) is 20.8 Å². The lowest BCUT2D eigenvalue weighted by Gasteiger charge is -2.13. The van der Waals surface area contributed by atoms with Gasteiger partial charge in [0.05, 0.1) is 12.3 Å². The predicted molar refractivity (Wildman–Crippen MR) is 102 cm³/mol. The van der Waals surface area contributed by atoms with E-state index in [9.17, 15) is 0 Å². The Morgan fingerprint density at radius 1 is 0.880 bits per heavy atom. The molecular formula is C20H22N4O. The highest BCUT2D eigenvalue weighted by atomic mass is 16.5. The van der Waals surface area contributed by atoms with Crippen molar-refractivity contribution in [2.75, 3.05) is 17.2 Å². The molecule has 128 valence electrons. The molecule has 0 amide bonds. The van der Waals surface area contributed by atoms with Crippen LogP contribution in [0.3, 0.4) is 0 Å². The fraction of sp³-hybridized carbons (Fsp3) is 0.200. The quantitative estimate of drug-likeness (QED) is 0.666. The molecule has 0 spiro atoms. The molecule has 1 heterocycles. The SMILES string of the molecule is CCOc1ccccc1Nc1nc(C)cc(Nc2ccccc2C)n1. The van der Waals surface area contributed by atoms with E-state index in [4.69, 9.17) is 4.74 Å². The van der Waals surface area contributed by atoms with Crippen LogP contribution in [-0.4, -0.2) is 16.6 Å². The van der Waals surface area contributed by atoms with Gasteiger partial charge in [-0.25, -0.2) is 4.98 Å². The maximum absolute atomic E-state index is 5.65. The summed E-state index contributed by atoms with van der Waals surface area (Å²) >= 11 is 0. The molecule has 0 aliphatic rings. The monoisotopic (exact) mass is 334 g/mol. The lowest BCUT2D eigenvalue weighted by molar-refractivity contribution is 0.342. The number of anilines is 4. The van der Waals surface area contributed by atoms with Crippen molar-refractivity contribution in [3.8, 4) is 5.75 Å². The van der Waals surface area contributed by atoms with E-state index in [-0.39, 0.29) is 0 Å². The summed E-state index contributed by atoms with van der Waals surface area (Å²) in [6.07, 6.45) is 0. The summed E-state index contributed by atoms with van der Waals surface area (Å²) in [6.45, 7) is 6.58. The smallest absolute Gasteiger partial charge is 0.229 e. The standard InChI is InChI=1S/C20H22N4O/c1-4-25-18-12-8-7-11-17(18)23-20-21-15(3)13-19(24-20)22-16-10-6-5-9-14(16)2/h5-13H,4H2,1-3H3,(H2,21,22,23,24). The molecule has 3 rings (SSSR count). The van der Waals surface area contributed by atoms with Crippen LogP contribution in [0.15, 0.2) is 54.6 Å². The normalized spacial score (nSPS) is 10.4. The average molecular weight is 334 g/mol. The molecule has 0 saturated heterocycles. The van der Waals surface area contributed by atoms with Crippen molar-refractivity contribution in [1.29, 1.82) is 0 Å². The average Bonchev–Trinajstić information content (AvgIpc) is 2.58. The van der Waals surface area contributed by atoms with Crippen LogP contribution in [0.2, 0.25) is 0 Å². The third-order valence-corrected chi connectivity index (χ3v) is 3.70. The first kappa shape index (κ1) is 16.8. The number of rotatable bonds is 6. The fourth-order valence-corrected chi connectivity index (χ4v) is 2.51. The number of hydrogen-bond acceptors (Lipinski definition) is 5. The largest absolute Gasteiger partial charge is 0.492 e. The Morgan fingerprint density at radius 3 is 2.36 bits per heavy atom. The van der Waals surface area contributed by atoms with Gasteiger partial charge in [-0.15, -0.1) is 0 Å². The van der Waals surface area contributed by atoms with Gasteiger partial charge in [0.25, 0.3) is 0 Å². The summed E-state index contributed by atoms with van der Waals surface area (Å²) in [4.78, 5) is 9.05. The van der Waals surface area contributed by atoms with E-state index in [0.29, 0.717) is 12.6 Å². The van der Waals surface area contributed by atoms with Crippen LogP contribution in [0.4, 0.5) is 23.1 Å². The van der Waals surface area contributed by atoms with Gasteiger partial charge in [-0.2, -0.15) is 4.98 Å². The number of ether oxygens (including phenoxy) is 1. The Bertz CT molecular complexity index is 864. The zero-order chi connectivity index (χ0) is 17.6. The third kappa shape index (κ3) is 4.26. The third-order valence-electron chi connectivity index (χ3n) is 3.70. The minimum Gasteiger partial charge on any atom is -0.492 e. The van der Waals surface area contributed by atoms with Gasteiger partial charge >= 0.3 is 0 Å². The molecule has 5 heteroatoms. The van der Waals surface area contributed by atoms with Gasteiger partial charge in [0.1, 0.15) is 11.6 Å². The molecule has 0 radical (unpaired) electrons. The molecular weight excluding hydrogens is 312 g/mol. The van der Waals surface area contributed by atoms with Crippen molar-refractivity contribution >= 4 is 23.1 Å². The fourth-order valence-electron chi connectivity index (χ4n) is 2.51. The van der Waals surface area contributed by atoms with E-state index in [0.717, 1.165) is 34.2 Å². The Kier molecular flexibility index (Phi) is 5.14. The molecule has 3 aromatic rings. The van der Waals surface area contributed by atoms with E-state index in [1.165, 1.54) is 0 Å². The summed E-state index contributed by atoms with van der Waals surface area (Å²) in [6, 6.07) is 17.8. The molecule has 0 aliphatic carbocycles. The van der Waals surface area contributed by atoms with Gasteiger partial charge < -0.3 is 15.4 Å². The van der Waals surface area contributed by atoms with Gasteiger partial charge in [-0.05, 0) is 44.5 Å². The summed E-state index contributed by atoms with van der Waals surface area (Å²) in [7, 11) is 0. The first-order chi connectivity index (χ1) is 12.2. The summed E-state index contributed by atoms with van der Waals surface area (Å²) in [5.74, 6) is 2.06. The highest BCUT2D eigenvalue weighted by Crippen LogP contribution is 2.27. The number of para-hydroxylation sites is 3. The van der Waals surface area contributed by atoms with Gasteiger partial charge in [0, 0.05) is 17.4 Å². The van der Waals surface area contributed by atoms with Gasteiger partial charge in [0.15, 0.2) is 0 Å². The second kappa shape index (κ2) is 7.66. The van der Waals surface area contributed by atoms with Crippen LogP contribution in [-0.2, 0) is 0 Å². The Morgan fingerprint density at radius 2 is 1.60 bits per heavy atom. The van der Waals surface area contributed by atoms with Crippen molar-refractivity contribution in [3.05, 3.63) is 65.9 Å². The molecule has 2 N–H and O–H groups in total. The van der Waals surface area contributed by atoms with Crippen molar-refractivity contribution in [2.24, 2.45) is 0 Å². The van der Waals surface area contributed by atoms with Gasteiger partial charge in [-0.3, -0.25) is 0 Å². The van der Waals surface area contributed by atoms with Crippen molar-refractivity contribution in [3.63, 3.8) is 0 Å². The van der Waals surface area contributed by atoms with Crippen LogP contribution in [0.5, 0.6) is 5.75 Å². The van der Waals surface area contributed by atoms with Crippen LogP contribution in [0, 0.1) is 13.8 Å². The molecule has 1 aromatic heterocycles. The number of nitrogens with one attached hydrogen (secondary N) is 2. The Hall–Kier alpha value is -3.08. The number of nitrogens with zero attached hydrogens (tertiary/aromatic N) is 2. The van der Waals surface area contributed by atoms with Crippen molar-refractivity contribution < 1.29 is 4.74 Å². The minimum atomic E-state index is 0.531. The Labute approximate surface area is 148 Å². The molecule has 0 atom stereocenters. The van der Waals surface area contributed by atoms with Crippen LogP contribution in [0.25, 0.3) is 0 Å². The summed E-state index contributed by atoms with van der Waals surface area (Å²) < 4.78 is 5.65. The lowest BCUT2D eigenvalue weighted by Crippen LogP contribution is -2.04. The second-order valence-electron chi connectivity index (χ2n) is 5.71. The molecule has 0 bridgehead atoms. The van der Waals surface area contributed by atoms with Gasteiger partial charge in [0.2, 0.25) is 5.95 Å². The Balaban J connectivity index is 1.86. The molecule has 25 heavy (non-hydrogen) atoms. The van der Waals surface area contributed by atoms with E-state index < -0.39 is 0 Å². The zero-order valence-electron chi connectivity index (χ0n) is 14.7. The van der Waals surface area contributed by atoms with Crippen LogP contribution >= 0.6 is 0 Å². The van der Waals surface area contributed by atoms with E-state index in [1.54, 1.807) is 0 Å². The van der Waals surface area contributed by atoms with Crippen LogP contribution < -0.4 is 15.4 Å². The maximum Gasteiger partial charge on any atom is 0.229 e. The highest BCUT2D eigenvalue weighted by Gasteiger charge is 2.07. The summed E-state index contributed by atoms with van der Waals surface area (Å²) in [5, 5.41) is 6.61. The summed E-state index contributed by atoms with van der Waals surface area (Å²) in [5.41, 5.74) is 3.91. The molecule has 5 nitrogen and oxygen atoms in total. The lowest BCUT2D eigenvalue weighted by atomic mass is 10.2. The molecule has 0 saturated carbocycles. The second-order valence-corrected chi connectivity index (χ2v) is 5.71. The van der Waals surface area contributed by atoms with E-state index >= 15 is 0 Å². The van der Waals surface area contributed by atoms with Crippen molar-refractivity contribution in [1.82, 2.24) is 9.97 Å². The molecule has 0 unspecified atom stereocenters. The maximum atomic E-state index is 5.65. The number of benzene rings is 2.